The van der Waals surface area contributed by atoms with Gasteiger partial charge < -0.3 is 0 Å². The lowest BCUT2D eigenvalue weighted by Gasteiger charge is -2.37. The average Bonchev–Trinajstić information content (AvgIpc) is 2.77. The van der Waals surface area contributed by atoms with Gasteiger partial charge in [-0.15, -0.1) is 0 Å². The van der Waals surface area contributed by atoms with Crippen molar-refractivity contribution in [3.63, 3.8) is 0 Å². The molecule has 6 nitrogen and oxygen atoms in total. The third kappa shape index (κ3) is 3.44. The number of rotatable bonds is 4. The van der Waals surface area contributed by atoms with Crippen molar-refractivity contribution in [1.82, 2.24) is 9.03 Å². The van der Waals surface area contributed by atoms with Crippen molar-refractivity contribution in [3.8, 4) is 0 Å². The van der Waals surface area contributed by atoms with E-state index in [4.69, 9.17) is 0 Å². The maximum absolute atomic E-state index is 13.1. The van der Waals surface area contributed by atoms with E-state index in [-0.39, 0.29) is 18.1 Å². The SMILES string of the molecule is Cc1cc(C)c(C)c(S(=O)(=O)NC2CC3CCC(C2)N3S(C)(=O)=O)c1C. The molecule has 2 aliphatic heterocycles. The van der Waals surface area contributed by atoms with Gasteiger partial charge in [0, 0.05) is 18.1 Å². The van der Waals surface area contributed by atoms with Crippen LogP contribution in [-0.2, 0) is 20.0 Å². The first-order valence-electron chi connectivity index (χ1n) is 9.00. The first-order chi connectivity index (χ1) is 11.9. The normalized spacial score (nSPS) is 27.0. The van der Waals surface area contributed by atoms with Gasteiger partial charge in [0.05, 0.1) is 11.2 Å². The Labute approximate surface area is 157 Å². The first kappa shape index (κ1) is 19.8. The fraction of sp³-hybridized carbons (Fsp3) is 0.667. The van der Waals surface area contributed by atoms with Crippen LogP contribution in [0.3, 0.4) is 0 Å². The third-order valence-electron chi connectivity index (χ3n) is 5.94. The molecule has 2 saturated heterocycles. The van der Waals surface area contributed by atoms with Crippen LogP contribution in [0.5, 0.6) is 0 Å². The number of nitrogens with one attached hydrogen (secondary N) is 1. The number of hydrogen-bond acceptors (Lipinski definition) is 4. The zero-order chi connectivity index (χ0) is 19.4. The number of aryl methyl sites for hydroxylation is 2. The highest BCUT2D eigenvalue weighted by atomic mass is 32.2. The Hall–Kier alpha value is -0.960. The zero-order valence-corrected chi connectivity index (χ0v) is 17.7. The monoisotopic (exact) mass is 400 g/mol. The van der Waals surface area contributed by atoms with Crippen LogP contribution in [0.25, 0.3) is 0 Å². The molecule has 1 aromatic carbocycles. The average molecular weight is 401 g/mol. The summed E-state index contributed by atoms with van der Waals surface area (Å²) in [7, 11) is -6.91. The van der Waals surface area contributed by atoms with Crippen molar-refractivity contribution in [2.45, 2.75) is 76.4 Å². The summed E-state index contributed by atoms with van der Waals surface area (Å²) in [5.74, 6) is 0. The first-order valence-corrected chi connectivity index (χ1v) is 12.3. The molecule has 8 heteroatoms. The molecule has 2 unspecified atom stereocenters. The number of fused-ring (bicyclic) bond motifs is 2. The molecule has 2 fully saturated rings. The largest absolute Gasteiger partial charge is 0.241 e. The summed E-state index contributed by atoms with van der Waals surface area (Å²) in [5.41, 5.74) is 3.47. The molecule has 2 bridgehead atoms. The van der Waals surface area contributed by atoms with Gasteiger partial charge >= 0.3 is 0 Å². The number of nitrogens with zero attached hydrogens (tertiary/aromatic N) is 1. The quantitative estimate of drug-likeness (QED) is 0.839. The van der Waals surface area contributed by atoms with Gasteiger partial charge in [-0.3, -0.25) is 0 Å². The number of benzene rings is 1. The van der Waals surface area contributed by atoms with E-state index in [0.29, 0.717) is 17.7 Å². The minimum Gasteiger partial charge on any atom is -0.212 e. The lowest BCUT2D eigenvalue weighted by molar-refractivity contribution is 0.221. The highest BCUT2D eigenvalue weighted by molar-refractivity contribution is 7.89. The van der Waals surface area contributed by atoms with Crippen LogP contribution in [0.2, 0.25) is 0 Å². The fourth-order valence-electron chi connectivity index (χ4n) is 4.63. The Morgan fingerprint density at radius 1 is 0.923 bits per heavy atom. The lowest BCUT2D eigenvalue weighted by Crippen LogP contribution is -2.52. The second-order valence-corrected chi connectivity index (χ2v) is 11.4. The van der Waals surface area contributed by atoms with Gasteiger partial charge in [0.1, 0.15) is 0 Å². The Kier molecular flexibility index (Phi) is 5.01. The predicted molar refractivity (Wildman–Crippen MR) is 102 cm³/mol. The van der Waals surface area contributed by atoms with Crippen molar-refractivity contribution in [3.05, 3.63) is 28.3 Å². The summed E-state index contributed by atoms with van der Waals surface area (Å²) in [6.45, 7) is 7.52. The van der Waals surface area contributed by atoms with Gasteiger partial charge in [0.25, 0.3) is 0 Å². The summed E-state index contributed by atoms with van der Waals surface area (Å²) >= 11 is 0. The molecule has 0 aliphatic carbocycles. The molecular weight excluding hydrogens is 372 g/mol. The molecule has 0 aromatic heterocycles. The lowest BCUT2D eigenvalue weighted by atomic mass is 10.0. The standard InChI is InChI=1S/C18H28N2O4S2/c1-11-8-12(2)14(4)18(13(11)3)26(23,24)19-15-9-16-6-7-17(10-15)20(16)25(5,21)22/h8,15-17,19H,6-7,9-10H2,1-5H3. The second-order valence-electron chi connectivity index (χ2n) is 7.86. The highest BCUT2D eigenvalue weighted by Crippen LogP contribution is 2.38. The molecule has 2 atom stereocenters. The van der Waals surface area contributed by atoms with Crippen LogP contribution in [-0.4, -0.2) is 45.5 Å². The molecule has 0 amide bonds. The van der Waals surface area contributed by atoms with E-state index >= 15 is 0 Å². The summed E-state index contributed by atoms with van der Waals surface area (Å²) < 4.78 is 54.7. The van der Waals surface area contributed by atoms with Gasteiger partial charge in [0.15, 0.2) is 0 Å². The van der Waals surface area contributed by atoms with Crippen LogP contribution in [0.4, 0.5) is 0 Å². The van der Waals surface area contributed by atoms with Crippen molar-refractivity contribution < 1.29 is 16.8 Å². The topological polar surface area (TPSA) is 83.6 Å². The Morgan fingerprint density at radius 2 is 1.38 bits per heavy atom. The van der Waals surface area contributed by atoms with E-state index in [1.807, 2.05) is 33.8 Å². The van der Waals surface area contributed by atoms with E-state index in [9.17, 15) is 16.8 Å². The molecule has 2 aliphatic rings. The van der Waals surface area contributed by atoms with Crippen molar-refractivity contribution >= 4 is 20.0 Å². The van der Waals surface area contributed by atoms with Crippen LogP contribution in [0, 0.1) is 27.7 Å². The van der Waals surface area contributed by atoms with Crippen LogP contribution in [0.15, 0.2) is 11.0 Å². The molecule has 146 valence electrons. The molecule has 1 aromatic rings. The second kappa shape index (κ2) is 6.58. The van der Waals surface area contributed by atoms with E-state index in [2.05, 4.69) is 4.72 Å². The van der Waals surface area contributed by atoms with Crippen LogP contribution < -0.4 is 4.72 Å². The Bertz CT molecular complexity index is 898. The van der Waals surface area contributed by atoms with Crippen molar-refractivity contribution in [2.24, 2.45) is 0 Å². The molecule has 0 radical (unpaired) electrons. The summed E-state index contributed by atoms with van der Waals surface area (Å²) in [6.07, 6.45) is 3.91. The summed E-state index contributed by atoms with van der Waals surface area (Å²) in [5, 5.41) is 0. The summed E-state index contributed by atoms with van der Waals surface area (Å²) in [4.78, 5) is 0.368. The van der Waals surface area contributed by atoms with E-state index in [1.165, 1.54) is 6.26 Å². The fourth-order valence-corrected chi connectivity index (χ4v) is 7.98. The van der Waals surface area contributed by atoms with Crippen LogP contribution >= 0.6 is 0 Å². The predicted octanol–water partition coefficient (Wildman–Crippen LogP) is 2.15. The van der Waals surface area contributed by atoms with Gasteiger partial charge in [-0.05, 0) is 75.6 Å². The molecule has 0 spiro atoms. The van der Waals surface area contributed by atoms with Crippen LogP contribution in [0.1, 0.15) is 47.9 Å². The molecule has 0 saturated carbocycles. The van der Waals surface area contributed by atoms with Gasteiger partial charge in [-0.1, -0.05) is 6.07 Å². The maximum atomic E-state index is 13.1. The van der Waals surface area contributed by atoms with E-state index in [1.54, 1.807) is 4.31 Å². The highest BCUT2D eigenvalue weighted by Gasteiger charge is 2.46. The van der Waals surface area contributed by atoms with Crippen molar-refractivity contribution in [2.75, 3.05) is 6.26 Å². The number of piperidine rings is 1. The molecule has 3 rings (SSSR count). The Morgan fingerprint density at radius 3 is 1.81 bits per heavy atom. The molecular formula is C18H28N2O4S2. The summed E-state index contributed by atoms with van der Waals surface area (Å²) in [6, 6.07) is 1.58. The van der Waals surface area contributed by atoms with E-state index < -0.39 is 20.0 Å². The van der Waals surface area contributed by atoms with E-state index in [0.717, 1.165) is 35.1 Å². The Balaban J connectivity index is 1.87. The molecule has 2 heterocycles. The van der Waals surface area contributed by atoms with Gasteiger partial charge in [-0.25, -0.2) is 21.6 Å². The molecule has 26 heavy (non-hydrogen) atoms. The molecule has 1 N–H and O–H groups in total. The minimum atomic E-state index is -3.66. The van der Waals surface area contributed by atoms with Crippen molar-refractivity contribution in [1.29, 1.82) is 0 Å². The third-order valence-corrected chi connectivity index (χ3v) is 9.09. The smallest absolute Gasteiger partial charge is 0.212 e. The van der Waals surface area contributed by atoms with Gasteiger partial charge in [0.2, 0.25) is 20.0 Å². The maximum Gasteiger partial charge on any atom is 0.241 e. The van der Waals surface area contributed by atoms with Gasteiger partial charge in [-0.2, -0.15) is 4.31 Å². The zero-order valence-electron chi connectivity index (χ0n) is 16.0. The number of hydrogen-bond donors (Lipinski definition) is 1. The minimum absolute atomic E-state index is 0.0992. The number of sulfonamides is 2.